The van der Waals surface area contributed by atoms with Crippen molar-refractivity contribution in [3.05, 3.63) is 81.9 Å². The summed E-state index contributed by atoms with van der Waals surface area (Å²) in [4.78, 5) is 46.0. The third kappa shape index (κ3) is 4.42. The Bertz CT molecular complexity index is 1720. The predicted octanol–water partition coefficient (Wildman–Crippen LogP) is 2.80. The number of hydrogen-bond donors (Lipinski definition) is 3. The van der Waals surface area contributed by atoms with Crippen LogP contribution in [0.4, 0.5) is 8.78 Å². The molecular formula is C26H20F2N6O6. The van der Waals surface area contributed by atoms with E-state index in [0.717, 1.165) is 11.1 Å². The van der Waals surface area contributed by atoms with E-state index >= 15 is 0 Å². The van der Waals surface area contributed by atoms with Gasteiger partial charge in [-0.3, -0.25) is 9.59 Å². The van der Waals surface area contributed by atoms with E-state index in [2.05, 4.69) is 35.2 Å². The number of nitrogens with one attached hydrogen (secondary N) is 2. The molecule has 1 aliphatic carbocycles. The van der Waals surface area contributed by atoms with Crippen molar-refractivity contribution < 1.29 is 37.7 Å². The number of ether oxygens (including phenoxy) is 2. The number of aromatic nitrogens is 4. The first-order valence-corrected chi connectivity index (χ1v) is 12.1. The lowest BCUT2D eigenvalue weighted by Gasteiger charge is -2.16. The molecule has 0 radical (unpaired) electrons. The third-order valence-electron chi connectivity index (χ3n) is 6.86. The molecule has 0 unspecified atom stereocenters. The molecule has 0 bridgehead atoms. The molecule has 3 N–H and O–H groups in total. The van der Waals surface area contributed by atoms with E-state index in [1.165, 1.54) is 41.2 Å². The number of carbonyl (C=O) groups is 3. The Morgan fingerprint density at radius 3 is 2.73 bits per heavy atom. The number of carboxylic acid groups (broad SMARTS) is 1. The number of carbonyl (C=O) groups excluding carboxylic acids is 2. The summed E-state index contributed by atoms with van der Waals surface area (Å²) in [6.45, 7) is 1.71. The summed E-state index contributed by atoms with van der Waals surface area (Å²) in [5.74, 6) is -2.41. The van der Waals surface area contributed by atoms with Gasteiger partial charge in [-0.05, 0) is 60.2 Å². The highest BCUT2D eigenvalue weighted by Crippen LogP contribution is 2.41. The van der Waals surface area contributed by atoms with Crippen LogP contribution in [0, 0.1) is 6.92 Å². The zero-order valence-electron chi connectivity index (χ0n) is 20.8. The van der Waals surface area contributed by atoms with Gasteiger partial charge in [0.2, 0.25) is 0 Å². The summed E-state index contributed by atoms with van der Waals surface area (Å²) >= 11 is 0. The number of aromatic carboxylic acids is 1. The minimum absolute atomic E-state index is 0.0188. The highest BCUT2D eigenvalue weighted by atomic mass is 19.3. The molecule has 40 heavy (non-hydrogen) atoms. The van der Waals surface area contributed by atoms with Crippen LogP contribution in [-0.4, -0.2) is 48.8 Å². The summed E-state index contributed by atoms with van der Waals surface area (Å²) < 4.78 is 36.6. The minimum Gasteiger partial charge on any atom is -0.478 e. The molecule has 4 aromatic rings. The standard InChI is InChI=1S/C26H20F2N6O6/c1-12-14-5-6-17(16(14)4-3-15(12)24(37)38)32-23(36)19-9-18(33-25-30-11-31-34(19)25)22(35)29-10-13-2-7-20-21(8-13)40-26(27,28)39-20/h2-4,7-9,11,17H,5-6,10H2,1H3,(H,29,35)(H,32,36)(H,37,38)/t17-/m0/s1. The second-order valence-corrected chi connectivity index (χ2v) is 9.31. The smallest absolute Gasteiger partial charge is 0.478 e. The van der Waals surface area contributed by atoms with Crippen molar-refractivity contribution >= 4 is 23.6 Å². The zero-order chi connectivity index (χ0) is 28.2. The fourth-order valence-electron chi connectivity index (χ4n) is 4.96. The molecule has 0 fully saturated rings. The largest absolute Gasteiger partial charge is 0.586 e. The highest BCUT2D eigenvalue weighted by molar-refractivity contribution is 5.98. The van der Waals surface area contributed by atoms with Gasteiger partial charge in [0.15, 0.2) is 11.5 Å². The lowest BCUT2D eigenvalue weighted by Crippen LogP contribution is -2.30. The first-order chi connectivity index (χ1) is 19.1. The topological polar surface area (TPSA) is 157 Å². The van der Waals surface area contributed by atoms with Crippen LogP contribution in [0.5, 0.6) is 11.5 Å². The van der Waals surface area contributed by atoms with Crippen LogP contribution in [0.15, 0.2) is 42.7 Å². The van der Waals surface area contributed by atoms with E-state index in [1.54, 1.807) is 13.0 Å². The number of fused-ring (bicyclic) bond motifs is 3. The first kappa shape index (κ1) is 25.2. The lowest BCUT2D eigenvalue weighted by atomic mass is 9.98. The van der Waals surface area contributed by atoms with Gasteiger partial charge in [0.25, 0.3) is 17.6 Å². The van der Waals surface area contributed by atoms with Gasteiger partial charge >= 0.3 is 12.3 Å². The van der Waals surface area contributed by atoms with Gasteiger partial charge in [-0.2, -0.15) is 14.6 Å². The normalized spacial score (nSPS) is 16.5. The van der Waals surface area contributed by atoms with Gasteiger partial charge in [0.1, 0.15) is 17.7 Å². The Morgan fingerprint density at radius 1 is 1.12 bits per heavy atom. The molecule has 2 amide bonds. The number of hydrogen-bond acceptors (Lipinski definition) is 8. The number of benzene rings is 2. The molecule has 0 saturated heterocycles. The fraction of sp³-hybridized carbons (Fsp3) is 0.231. The molecule has 1 aliphatic heterocycles. The molecule has 204 valence electrons. The summed E-state index contributed by atoms with van der Waals surface area (Å²) in [6, 6.07) is 8.28. The molecule has 6 rings (SSSR count). The fourth-order valence-corrected chi connectivity index (χ4v) is 4.96. The van der Waals surface area contributed by atoms with Gasteiger partial charge in [-0.25, -0.2) is 9.78 Å². The Labute approximate surface area is 224 Å². The van der Waals surface area contributed by atoms with E-state index in [-0.39, 0.29) is 46.8 Å². The number of alkyl halides is 2. The molecule has 0 spiro atoms. The average molecular weight is 550 g/mol. The Kier molecular flexibility index (Phi) is 5.82. The van der Waals surface area contributed by atoms with Crippen molar-refractivity contribution in [2.45, 2.75) is 38.6 Å². The second kappa shape index (κ2) is 9.25. The van der Waals surface area contributed by atoms with Crippen LogP contribution in [0.25, 0.3) is 5.78 Å². The van der Waals surface area contributed by atoms with Crippen molar-refractivity contribution in [2.75, 3.05) is 0 Å². The number of amides is 2. The summed E-state index contributed by atoms with van der Waals surface area (Å²) in [6.07, 6.45) is -1.37. The van der Waals surface area contributed by atoms with E-state index in [4.69, 9.17) is 0 Å². The maximum Gasteiger partial charge on any atom is 0.586 e. The maximum atomic E-state index is 13.4. The Hall–Kier alpha value is -5.14. The van der Waals surface area contributed by atoms with Crippen molar-refractivity contribution in [3.8, 4) is 11.5 Å². The maximum absolute atomic E-state index is 13.4. The molecule has 2 aromatic carbocycles. The molecule has 3 heterocycles. The SMILES string of the molecule is Cc1c(C(=O)O)ccc2c1CC[C@@H]2NC(=O)c1cc(C(=O)NCc2ccc3c(c2)OC(F)(F)O3)nc2ncnn12. The van der Waals surface area contributed by atoms with Crippen LogP contribution >= 0.6 is 0 Å². The average Bonchev–Trinajstić information content (AvgIpc) is 3.62. The monoisotopic (exact) mass is 550 g/mol. The highest BCUT2D eigenvalue weighted by Gasteiger charge is 2.43. The third-order valence-corrected chi connectivity index (χ3v) is 6.86. The minimum atomic E-state index is -3.75. The Morgan fingerprint density at radius 2 is 1.93 bits per heavy atom. The summed E-state index contributed by atoms with van der Waals surface area (Å²) in [5, 5.41) is 19.0. The first-order valence-electron chi connectivity index (χ1n) is 12.1. The van der Waals surface area contributed by atoms with Crippen LogP contribution < -0.4 is 20.1 Å². The van der Waals surface area contributed by atoms with Crippen molar-refractivity contribution in [1.82, 2.24) is 30.2 Å². The van der Waals surface area contributed by atoms with Gasteiger partial charge < -0.3 is 25.2 Å². The lowest BCUT2D eigenvalue weighted by molar-refractivity contribution is -0.286. The second-order valence-electron chi connectivity index (χ2n) is 9.31. The van der Waals surface area contributed by atoms with Gasteiger partial charge in [-0.15, -0.1) is 8.78 Å². The van der Waals surface area contributed by atoms with Crippen LogP contribution in [-0.2, 0) is 13.0 Å². The molecule has 14 heteroatoms. The summed E-state index contributed by atoms with van der Waals surface area (Å²) in [7, 11) is 0. The van der Waals surface area contributed by atoms with E-state index in [0.29, 0.717) is 24.0 Å². The van der Waals surface area contributed by atoms with E-state index < -0.39 is 24.1 Å². The molecule has 2 aromatic heterocycles. The number of rotatable bonds is 6. The van der Waals surface area contributed by atoms with Crippen LogP contribution in [0.2, 0.25) is 0 Å². The Balaban J connectivity index is 1.20. The van der Waals surface area contributed by atoms with E-state index in [9.17, 15) is 28.3 Å². The van der Waals surface area contributed by atoms with Crippen LogP contribution in [0.1, 0.15) is 66.1 Å². The molecular weight excluding hydrogens is 530 g/mol. The van der Waals surface area contributed by atoms with Crippen molar-refractivity contribution in [1.29, 1.82) is 0 Å². The molecule has 12 nitrogen and oxygen atoms in total. The predicted molar refractivity (Wildman–Crippen MR) is 131 cm³/mol. The summed E-state index contributed by atoms with van der Waals surface area (Å²) in [5.41, 5.74) is 2.99. The van der Waals surface area contributed by atoms with Gasteiger partial charge in [0, 0.05) is 12.6 Å². The van der Waals surface area contributed by atoms with Crippen molar-refractivity contribution in [2.24, 2.45) is 0 Å². The van der Waals surface area contributed by atoms with Gasteiger partial charge in [0.05, 0.1) is 11.6 Å². The zero-order valence-corrected chi connectivity index (χ0v) is 20.8. The number of halogens is 2. The van der Waals surface area contributed by atoms with Gasteiger partial charge in [-0.1, -0.05) is 12.1 Å². The number of nitrogens with zero attached hydrogens (tertiary/aromatic N) is 4. The van der Waals surface area contributed by atoms with E-state index in [1.807, 2.05) is 0 Å². The van der Waals surface area contributed by atoms with Crippen LogP contribution in [0.3, 0.4) is 0 Å². The number of carboxylic acids is 1. The molecule has 2 aliphatic rings. The molecule has 1 atom stereocenters. The quantitative estimate of drug-likeness (QED) is 0.328. The van der Waals surface area contributed by atoms with Crippen molar-refractivity contribution in [3.63, 3.8) is 0 Å². The molecule has 0 saturated carbocycles.